The van der Waals surface area contributed by atoms with E-state index in [9.17, 15) is 14.0 Å². The van der Waals surface area contributed by atoms with Crippen molar-refractivity contribution < 1.29 is 18.7 Å². The fourth-order valence-corrected chi connectivity index (χ4v) is 5.13. The third-order valence-electron chi connectivity index (χ3n) is 7.22. The van der Waals surface area contributed by atoms with Crippen molar-refractivity contribution in [2.45, 2.75) is 70.0 Å². The van der Waals surface area contributed by atoms with Crippen LogP contribution in [0.4, 0.5) is 4.39 Å². The largest absolute Gasteiger partial charge is 0.456 e. The van der Waals surface area contributed by atoms with Gasteiger partial charge in [-0.1, -0.05) is 19.3 Å². The molecule has 1 saturated carbocycles. The monoisotopic (exact) mass is 482 g/mol. The molecule has 1 aromatic carbocycles. The van der Waals surface area contributed by atoms with E-state index >= 15 is 0 Å². The van der Waals surface area contributed by atoms with Crippen LogP contribution in [0.1, 0.15) is 63.5 Å². The Balaban J connectivity index is 1.53. The average molecular weight is 483 g/mol. The van der Waals surface area contributed by atoms with Crippen LogP contribution in [0.25, 0.3) is 0 Å². The number of aromatic nitrogens is 1. The fraction of sp³-hybridized carbons (Fsp3) is 0.519. The lowest BCUT2D eigenvalue weighted by Crippen LogP contribution is -2.55. The number of halogens is 1. The number of benzene rings is 1. The van der Waals surface area contributed by atoms with Gasteiger partial charge in [0.25, 0.3) is 0 Å². The summed E-state index contributed by atoms with van der Waals surface area (Å²) in [5.41, 5.74) is 0.896. The van der Waals surface area contributed by atoms with Gasteiger partial charge in [0.1, 0.15) is 23.4 Å². The molecule has 2 aromatic rings. The van der Waals surface area contributed by atoms with Gasteiger partial charge in [-0.2, -0.15) is 0 Å². The second-order valence-electron chi connectivity index (χ2n) is 9.59. The number of ether oxygens (including phenoxy) is 1. The Bertz CT molecular complexity index is 1010. The number of nitrogens with one attached hydrogen (secondary N) is 2. The molecule has 3 atom stereocenters. The number of amides is 2. The van der Waals surface area contributed by atoms with E-state index in [0.717, 1.165) is 44.1 Å². The molecule has 1 aromatic heterocycles. The molecule has 0 bridgehead atoms. The average Bonchev–Trinajstić information content (AvgIpc) is 3.38. The summed E-state index contributed by atoms with van der Waals surface area (Å²) in [4.78, 5) is 32.9. The minimum absolute atomic E-state index is 0.0130. The number of likely N-dealkylation sites (tertiary alicyclic amines) is 1. The molecule has 2 N–H and O–H groups in total. The van der Waals surface area contributed by atoms with Crippen LogP contribution in [0.2, 0.25) is 0 Å². The molecule has 1 saturated heterocycles. The first-order valence-corrected chi connectivity index (χ1v) is 12.6. The molecule has 8 heteroatoms. The van der Waals surface area contributed by atoms with E-state index in [4.69, 9.17) is 4.74 Å². The number of carbonyl (C=O) groups excluding carboxylic acids is 2. The lowest BCUT2D eigenvalue weighted by molar-refractivity contribution is -0.139. The van der Waals surface area contributed by atoms with Gasteiger partial charge in [0.05, 0.1) is 18.3 Å². The summed E-state index contributed by atoms with van der Waals surface area (Å²) in [7, 11) is 1.74. The molecule has 35 heavy (non-hydrogen) atoms. The topological polar surface area (TPSA) is 83.6 Å². The normalized spacial score (nSPS) is 20.3. The second kappa shape index (κ2) is 11.6. The Kier molecular flexibility index (Phi) is 8.33. The fourth-order valence-electron chi connectivity index (χ4n) is 5.13. The first-order chi connectivity index (χ1) is 17.0. The summed E-state index contributed by atoms with van der Waals surface area (Å²) >= 11 is 0. The maximum absolute atomic E-state index is 13.9. The van der Waals surface area contributed by atoms with Gasteiger partial charge in [-0.15, -0.1) is 0 Å². The van der Waals surface area contributed by atoms with Crippen LogP contribution in [0, 0.1) is 11.7 Å². The summed E-state index contributed by atoms with van der Waals surface area (Å²) in [6, 6.07) is 6.70. The number of carbonyl (C=O) groups is 2. The van der Waals surface area contributed by atoms with Crippen molar-refractivity contribution in [3.63, 3.8) is 0 Å². The van der Waals surface area contributed by atoms with Gasteiger partial charge in [-0.3, -0.25) is 14.6 Å². The number of pyridine rings is 1. The van der Waals surface area contributed by atoms with E-state index in [1.54, 1.807) is 38.5 Å². The Morgan fingerprint density at radius 3 is 2.51 bits per heavy atom. The predicted molar refractivity (Wildman–Crippen MR) is 131 cm³/mol. The zero-order valence-corrected chi connectivity index (χ0v) is 20.5. The third kappa shape index (κ3) is 6.17. The molecule has 0 spiro atoms. The molecule has 7 nitrogen and oxygen atoms in total. The van der Waals surface area contributed by atoms with E-state index in [0.29, 0.717) is 18.0 Å². The van der Waals surface area contributed by atoms with Crippen molar-refractivity contribution in [3.05, 3.63) is 54.1 Å². The molecular formula is C27H35FN4O3. The Morgan fingerprint density at radius 2 is 1.80 bits per heavy atom. The van der Waals surface area contributed by atoms with Gasteiger partial charge in [-0.25, -0.2) is 4.39 Å². The lowest BCUT2D eigenvalue weighted by atomic mass is 9.83. The first kappa shape index (κ1) is 25.1. The maximum atomic E-state index is 13.9. The minimum atomic E-state index is -0.522. The van der Waals surface area contributed by atoms with Crippen molar-refractivity contribution in [1.29, 1.82) is 0 Å². The number of nitrogens with zero attached hydrogens (tertiary/aromatic N) is 2. The summed E-state index contributed by atoms with van der Waals surface area (Å²) in [6.07, 6.45) is 10.3. The number of rotatable bonds is 8. The molecule has 2 heterocycles. The van der Waals surface area contributed by atoms with Crippen molar-refractivity contribution >= 4 is 11.8 Å². The van der Waals surface area contributed by atoms with Gasteiger partial charge < -0.3 is 20.3 Å². The van der Waals surface area contributed by atoms with Crippen LogP contribution in [0.15, 0.2) is 42.7 Å². The van der Waals surface area contributed by atoms with Crippen LogP contribution < -0.4 is 15.4 Å². The number of hydrogen-bond donors (Lipinski definition) is 2. The van der Waals surface area contributed by atoms with Crippen LogP contribution in [0.3, 0.4) is 0 Å². The van der Waals surface area contributed by atoms with Gasteiger partial charge in [0.15, 0.2) is 0 Å². The summed E-state index contributed by atoms with van der Waals surface area (Å²) < 4.78 is 19.1. The van der Waals surface area contributed by atoms with Gasteiger partial charge in [-0.05, 0) is 81.5 Å². The Hall–Kier alpha value is -3.00. The number of hydrogen-bond acceptors (Lipinski definition) is 5. The highest BCUT2D eigenvalue weighted by Crippen LogP contribution is 2.36. The van der Waals surface area contributed by atoms with E-state index in [1.165, 1.54) is 18.6 Å². The highest BCUT2D eigenvalue weighted by atomic mass is 19.1. The van der Waals surface area contributed by atoms with Crippen LogP contribution >= 0.6 is 0 Å². The first-order valence-electron chi connectivity index (χ1n) is 12.6. The molecular weight excluding hydrogens is 447 g/mol. The standard InChI is InChI=1S/C27H35FN4O3/c1-18(29-2)26(33)31-25(19-7-4-3-5-8-19)27(34)32-14-6-9-24(32)20-15-23(17-30-16-20)35-22-12-10-21(28)11-13-22/h10-13,15-19,24-25,29H,3-9,14H2,1-2H3,(H,31,33)/t18-,24-,25-/m0/s1. The molecule has 2 aliphatic rings. The molecule has 4 rings (SSSR count). The van der Waals surface area contributed by atoms with E-state index < -0.39 is 6.04 Å². The van der Waals surface area contributed by atoms with Crippen molar-refractivity contribution in [1.82, 2.24) is 20.5 Å². The molecule has 2 fully saturated rings. The molecule has 1 aliphatic heterocycles. The molecule has 0 radical (unpaired) electrons. The highest BCUT2D eigenvalue weighted by molar-refractivity contribution is 5.90. The quantitative estimate of drug-likeness (QED) is 0.585. The van der Waals surface area contributed by atoms with Gasteiger partial charge >= 0.3 is 0 Å². The summed E-state index contributed by atoms with van der Waals surface area (Å²) in [6.45, 7) is 2.45. The summed E-state index contributed by atoms with van der Waals surface area (Å²) in [5.74, 6) is 0.714. The van der Waals surface area contributed by atoms with E-state index in [2.05, 4.69) is 15.6 Å². The van der Waals surface area contributed by atoms with Gasteiger partial charge in [0.2, 0.25) is 11.8 Å². The van der Waals surface area contributed by atoms with Crippen molar-refractivity contribution in [2.75, 3.05) is 13.6 Å². The molecule has 0 unspecified atom stereocenters. The highest BCUT2D eigenvalue weighted by Gasteiger charge is 2.39. The van der Waals surface area contributed by atoms with Crippen molar-refractivity contribution in [2.24, 2.45) is 5.92 Å². The van der Waals surface area contributed by atoms with E-state index in [-0.39, 0.29) is 35.6 Å². The Morgan fingerprint density at radius 1 is 1.06 bits per heavy atom. The van der Waals surface area contributed by atoms with Crippen molar-refractivity contribution in [3.8, 4) is 11.5 Å². The molecule has 1 aliphatic carbocycles. The SMILES string of the molecule is CN[C@@H](C)C(=O)N[C@H](C(=O)N1CCC[C@H]1c1cncc(Oc2ccc(F)cc2)c1)C1CCCCC1. The molecule has 2 amide bonds. The second-order valence-corrected chi connectivity index (χ2v) is 9.59. The smallest absolute Gasteiger partial charge is 0.245 e. The number of likely N-dealkylation sites (N-methyl/N-ethyl adjacent to an activating group) is 1. The predicted octanol–water partition coefficient (Wildman–Crippen LogP) is 4.35. The zero-order chi connectivity index (χ0) is 24.8. The van der Waals surface area contributed by atoms with Crippen LogP contribution in [-0.4, -0.2) is 47.4 Å². The minimum Gasteiger partial charge on any atom is -0.456 e. The van der Waals surface area contributed by atoms with Gasteiger partial charge in [0, 0.05) is 12.7 Å². The summed E-state index contributed by atoms with van der Waals surface area (Å²) in [5, 5.41) is 6.04. The van der Waals surface area contributed by atoms with Crippen LogP contribution in [-0.2, 0) is 9.59 Å². The lowest BCUT2D eigenvalue weighted by Gasteiger charge is -2.35. The van der Waals surface area contributed by atoms with Crippen LogP contribution in [0.5, 0.6) is 11.5 Å². The third-order valence-corrected chi connectivity index (χ3v) is 7.22. The Labute approximate surface area is 206 Å². The zero-order valence-electron chi connectivity index (χ0n) is 20.5. The molecule has 188 valence electrons. The van der Waals surface area contributed by atoms with E-state index in [1.807, 2.05) is 11.0 Å². The maximum Gasteiger partial charge on any atom is 0.245 e.